The quantitative estimate of drug-likeness (QED) is 0.848. The van der Waals surface area contributed by atoms with Crippen molar-refractivity contribution in [3.63, 3.8) is 0 Å². The average molecular weight is 365 g/mol. The molecule has 1 aliphatic heterocycles. The molecule has 1 unspecified atom stereocenters. The minimum Gasteiger partial charge on any atom is -0.368 e. The lowest BCUT2D eigenvalue weighted by atomic mass is 9.96. The van der Waals surface area contributed by atoms with E-state index in [1.54, 1.807) is 4.90 Å². The Labute approximate surface area is 161 Å². The summed E-state index contributed by atoms with van der Waals surface area (Å²) in [5, 5.41) is 2.93. The summed E-state index contributed by atoms with van der Waals surface area (Å²) in [4.78, 5) is 29.1. The topological polar surface area (TPSA) is 52.7 Å². The first kappa shape index (κ1) is 19.0. The molecular formula is C22H27N3O2. The van der Waals surface area contributed by atoms with Crippen molar-refractivity contribution < 1.29 is 9.59 Å². The first-order valence-corrected chi connectivity index (χ1v) is 9.51. The fraction of sp³-hybridized carbons (Fsp3) is 0.364. The molecule has 2 aromatic carbocycles. The van der Waals surface area contributed by atoms with Gasteiger partial charge in [0.1, 0.15) is 0 Å². The van der Waals surface area contributed by atoms with E-state index in [2.05, 4.69) is 22.3 Å². The summed E-state index contributed by atoms with van der Waals surface area (Å²) in [6.07, 6.45) is 0. The molecule has 1 atom stereocenters. The number of hydrogen-bond acceptors (Lipinski definition) is 3. The Bertz CT molecular complexity index is 754. The molecule has 1 fully saturated rings. The second-order valence-electron chi connectivity index (χ2n) is 7.22. The molecule has 1 aliphatic rings. The second kappa shape index (κ2) is 8.71. The Morgan fingerprint density at radius 1 is 0.852 bits per heavy atom. The van der Waals surface area contributed by atoms with E-state index in [1.807, 2.05) is 62.4 Å². The van der Waals surface area contributed by atoms with Crippen LogP contribution in [0.1, 0.15) is 25.5 Å². The van der Waals surface area contributed by atoms with Crippen molar-refractivity contribution in [1.82, 2.24) is 10.2 Å². The number of para-hydroxylation sites is 1. The van der Waals surface area contributed by atoms with Crippen LogP contribution in [0.15, 0.2) is 60.7 Å². The van der Waals surface area contributed by atoms with Crippen molar-refractivity contribution in [1.29, 1.82) is 0 Å². The van der Waals surface area contributed by atoms with Crippen LogP contribution >= 0.6 is 0 Å². The number of nitrogens with one attached hydrogen (secondary N) is 1. The van der Waals surface area contributed by atoms with Gasteiger partial charge in [-0.15, -0.1) is 0 Å². The number of rotatable bonds is 4. The predicted molar refractivity (Wildman–Crippen MR) is 107 cm³/mol. The summed E-state index contributed by atoms with van der Waals surface area (Å²) in [6, 6.07) is 19.8. The Morgan fingerprint density at radius 3 is 1.96 bits per heavy atom. The predicted octanol–water partition coefficient (Wildman–Crippen LogP) is 2.85. The summed E-state index contributed by atoms with van der Waals surface area (Å²) in [5.74, 6) is -0.769. The van der Waals surface area contributed by atoms with Gasteiger partial charge in [0.05, 0.1) is 6.04 Å². The standard InChI is InChI=1S/C22H27N3O2/c1-17(2)20(18-9-5-3-6-10-18)23-21(26)22(27)25-15-13-24(14-16-25)19-11-7-4-8-12-19/h3-12,17,20H,13-16H2,1-2H3,(H,23,26). The largest absolute Gasteiger partial charge is 0.368 e. The van der Waals surface area contributed by atoms with Crippen LogP contribution in [-0.4, -0.2) is 42.9 Å². The zero-order chi connectivity index (χ0) is 19.2. The maximum Gasteiger partial charge on any atom is 0.312 e. The number of carbonyl (C=O) groups is 2. The van der Waals surface area contributed by atoms with Crippen molar-refractivity contribution in [2.24, 2.45) is 5.92 Å². The van der Waals surface area contributed by atoms with E-state index in [1.165, 1.54) is 0 Å². The molecule has 27 heavy (non-hydrogen) atoms. The molecule has 2 aromatic rings. The van der Waals surface area contributed by atoms with Gasteiger partial charge < -0.3 is 15.1 Å². The van der Waals surface area contributed by atoms with Gasteiger partial charge in [-0.3, -0.25) is 9.59 Å². The molecule has 0 spiro atoms. The summed E-state index contributed by atoms with van der Waals surface area (Å²) >= 11 is 0. The van der Waals surface area contributed by atoms with Crippen molar-refractivity contribution in [3.8, 4) is 0 Å². The average Bonchev–Trinajstić information content (AvgIpc) is 2.72. The lowest BCUT2D eigenvalue weighted by Gasteiger charge is -2.36. The summed E-state index contributed by atoms with van der Waals surface area (Å²) in [5.41, 5.74) is 2.17. The van der Waals surface area contributed by atoms with E-state index in [9.17, 15) is 9.59 Å². The molecular weight excluding hydrogens is 338 g/mol. The zero-order valence-electron chi connectivity index (χ0n) is 16.0. The SMILES string of the molecule is CC(C)C(NC(=O)C(=O)N1CCN(c2ccccc2)CC1)c1ccccc1. The number of anilines is 1. The van der Waals surface area contributed by atoms with Crippen LogP contribution in [0.25, 0.3) is 0 Å². The normalized spacial score (nSPS) is 15.5. The van der Waals surface area contributed by atoms with Crippen LogP contribution in [0.4, 0.5) is 5.69 Å². The fourth-order valence-corrected chi connectivity index (χ4v) is 3.45. The third-order valence-electron chi connectivity index (χ3n) is 4.99. The van der Waals surface area contributed by atoms with Gasteiger partial charge >= 0.3 is 11.8 Å². The number of carbonyl (C=O) groups excluding carboxylic acids is 2. The molecule has 3 rings (SSSR count). The van der Waals surface area contributed by atoms with Crippen LogP contribution in [0, 0.1) is 5.92 Å². The highest BCUT2D eigenvalue weighted by atomic mass is 16.2. The number of benzene rings is 2. The van der Waals surface area contributed by atoms with Gasteiger partial charge in [0.2, 0.25) is 0 Å². The van der Waals surface area contributed by atoms with Gasteiger partial charge in [-0.25, -0.2) is 0 Å². The van der Waals surface area contributed by atoms with Gasteiger partial charge in [0, 0.05) is 31.9 Å². The summed E-state index contributed by atoms with van der Waals surface area (Å²) < 4.78 is 0. The third kappa shape index (κ3) is 4.67. The third-order valence-corrected chi connectivity index (χ3v) is 4.99. The highest BCUT2D eigenvalue weighted by Gasteiger charge is 2.28. The molecule has 0 aromatic heterocycles. The molecule has 0 bridgehead atoms. The fourth-order valence-electron chi connectivity index (χ4n) is 3.45. The van der Waals surface area contributed by atoms with E-state index >= 15 is 0 Å². The van der Waals surface area contributed by atoms with E-state index in [-0.39, 0.29) is 12.0 Å². The molecule has 0 radical (unpaired) electrons. The first-order valence-electron chi connectivity index (χ1n) is 9.51. The number of amides is 2. The minimum atomic E-state index is -0.522. The van der Waals surface area contributed by atoms with E-state index in [0.717, 1.165) is 24.3 Å². The Kier molecular flexibility index (Phi) is 6.12. The summed E-state index contributed by atoms with van der Waals surface area (Å²) in [6.45, 7) is 6.66. The van der Waals surface area contributed by atoms with Crippen molar-refractivity contribution >= 4 is 17.5 Å². The lowest BCUT2D eigenvalue weighted by Crippen LogP contribution is -2.53. The highest BCUT2D eigenvalue weighted by Crippen LogP contribution is 2.21. The molecule has 1 N–H and O–H groups in total. The van der Waals surface area contributed by atoms with Crippen LogP contribution in [0.2, 0.25) is 0 Å². The van der Waals surface area contributed by atoms with Crippen LogP contribution in [-0.2, 0) is 9.59 Å². The van der Waals surface area contributed by atoms with E-state index < -0.39 is 11.8 Å². The summed E-state index contributed by atoms with van der Waals surface area (Å²) in [7, 11) is 0. The van der Waals surface area contributed by atoms with Crippen molar-refractivity contribution in [2.75, 3.05) is 31.1 Å². The number of piperazine rings is 1. The van der Waals surface area contributed by atoms with Gasteiger partial charge in [-0.1, -0.05) is 62.4 Å². The number of hydrogen-bond donors (Lipinski definition) is 1. The number of nitrogens with zero attached hydrogens (tertiary/aromatic N) is 2. The molecule has 0 aliphatic carbocycles. The zero-order valence-corrected chi connectivity index (χ0v) is 16.0. The first-order chi connectivity index (χ1) is 13.1. The maximum absolute atomic E-state index is 12.6. The van der Waals surface area contributed by atoms with Crippen LogP contribution in [0.3, 0.4) is 0 Å². The molecule has 0 saturated carbocycles. The molecule has 5 heteroatoms. The molecule has 2 amide bonds. The second-order valence-corrected chi connectivity index (χ2v) is 7.22. The van der Waals surface area contributed by atoms with E-state index in [4.69, 9.17) is 0 Å². The maximum atomic E-state index is 12.6. The lowest BCUT2D eigenvalue weighted by molar-refractivity contribution is -0.146. The smallest absolute Gasteiger partial charge is 0.312 e. The van der Waals surface area contributed by atoms with Crippen LogP contribution in [0.5, 0.6) is 0 Å². The van der Waals surface area contributed by atoms with Crippen molar-refractivity contribution in [2.45, 2.75) is 19.9 Å². The minimum absolute atomic E-state index is 0.173. The molecule has 1 saturated heterocycles. The Balaban J connectivity index is 1.58. The molecule has 5 nitrogen and oxygen atoms in total. The molecule has 142 valence electrons. The van der Waals surface area contributed by atoms with Crippen molar-refractivity contribution in [3.05, 3.63) is 66.2 Å². The van der Waals surface area contributed by atoms with E-state index in [0.29, 0.717) is 13.1 Å². The monoisotopic (exact) mass is 365 g/mol. The van der Waals surface area contributed by atoms with Crippen LogP contribution < -0.4 is 10.2 Å². The Morgan fingerprint density at radius 2 is 1.41 bits per heavy atom. The highest BCUT2D eigenvalue weighted by molar-refractivity contribution is 6.35. The molecule has 1 heterocycles. The van der Waals surface area contributed by atoms with Gasteiger partial charge in [-0.2, -0.15) is 0 Å². The van der Waals surface area contributed by atoms with Gasteiger partial charge in [-0.05, 0) is 23.6 Å². The van der Waals surface area contributed by atoms with Gasteiger partial charge in [0.25, 0.3) is 0 Å². The van der Waals surface area contributed by atoms with Gasteiger partial charge in [0.15, 0.2) is 0 Å². The Hall–Kier alpha value is -2.82.